The molecule has 0 aromatic carbocycles. The van der Waals surface area contributed by atoms with Gasteiger partial charge in [-0.05, 0) is 26.8 Å². The van der Waals surface area contributed by atoms with Gasteiger partial charge in [0.2, 0.25) is 0 Å². The predicted molar refractivity (Wildman–Crippen MR) is 62.4 cm³/mol. The van der Waals surface area contributed by atoms with Crippen molar-refractivity contribution in [3.8, 4) is 0 Å². The van der Waals surface area contributed by atoms with E-state index >= 15 is 0 Å². The van der Waals surface area contributed by atoms with Crippen LogP contribution < -0.4 is 5.32 Å². The second-order valence-electron chi connectivity index (χ2n) is 4.18. The first kappa shape index (κ1) is 11.4. The molecule has 0 aliphatic heterocycles. The Morgan fingerprint density at radius 2 is 1.77 bits per heavy atom. The molecule has 0 spiro atoms. The van der Waals surface area contributed by atoms with Crippen molar-refractivity contribution in [2.24, 2.45) is 0 Å². The molecule has 78 valence electrons. The van der Waals surface area contributed by atoms with Crippen molar-refractivity contribution in [1.29, 1.82) is 0 Å². The van der Waals surface area contributed by atoms with Gasteiger partial charge in [0.25, 0.3) is 0 Å². The maximum absolute atomic E-state index is 3.33. The summed E-state index contributed by atoms with van der Waals surface area (Å²) in [5.74, 6) is 0. The van der Waals surface area contributed by atoms with E-state index in [-0.39, 0.29) is 0 Å². The third-order valence-electron chi connectivity index (χ3n) is 3.12. The van der Waals surface area contributed by atoms with Gasteiger partial charge < -0.3 is 5.32 Å². The Kier molecular flexibility index (Phi) is 5.18. The summed E-state index contributed by atoms with van der Waals surface area (Å²) < 4.78 is 0. The van der Waals surface area contributed by atoms with Crippen LogP contribution >= 0.6 is 11.8 Å². The fourth-order valence-corrected chi connectivity index (χ4v) is 3.44. The van der Waals surface area contributed by atoms with Gasteiger partial charge in [0.15, 0.2) is 0 Å². The molecule has 0 radical (unpaired) electrons. The third kappa shape index (κ3) is 3.90. The van der Waals surface area contributed by atoms with E-state index in [1.54, 1.807) is 0 Å². The van der Waals surface area contributed by atoms with Crippen molar-refractivity contribution >= 4 is 11.8 Å². The van der Waals surface area contributed by atoms with Crippen LogP contribution in [0.5, 0.6) is 0 Å². The summed E-state index contributed by atoms with van der Waals surface area (Å²) in [7, 11) is 2.06. The van der Waals surface area contributed by atoms with Crippen LogP contribution in [0.4, 0.5) is 0 Å². The molecule has 2 atom stereocenters. The van der Waals surface area contributed by atoms with E-state index < -0.39 is 0 Å². The first-order chi connectivity index (χ1) is 6.24. The summed E-state index contributed by atoms with van der Waals surface area (Å²) in [5.41, 5.74) is 0. The molecule has 1 saturated carbocycles. The van der Waals surface area contributed by atoms with Crippen molar-refractivity contribution in [2.45, 2.75) is 62.5 Å². The van der Waals surface area contributed by atoms with E-state index in [2.05, 4.69) is 38.0 Å². The Balaban J connectivity index is 2.21. The van der Waals surface area contributed by atoms with Gasteiger partial charge in [-0.2, -0.15) is 11.8 Å². The fraction of sp³-hybridized carbons (Fsp3) is 1.00. The van der Waals surface area contributed by atoms with E-state index in [4.69, 9.17) is 0 Å². The molecule has 0 amide bonds. The molecule has 13 heavy (non-hydrogen) atoms. The number of hydrogen-bond acceptors (Lipinski definition) is 2. The summed E-state index contributed by atoms with van der Waals surface area (Å²) in [6.07, 6.45) is 7.28. The first-order valence-corrected chi connectivity index (χ1v) is 6.51. The molecular weight excluding hydrogens is 178 g/mol. The monoisotopic (exact) mass is 201 g/mol. The highest BCUT2D eigenvalue weighted by Crippen LogP contribution is 2.31. The largest absolute Gasteiger partial charge is 0.316 e. The Morgan fingerprint density at radius 3 is 2.31 bits per heavy atom. The minimum Gasteiger partial charge on any atom is -0.316 e. The molecular formula is C11H23NS. The van der Waals surface area contributed by atoms with Gasteiger partial charge in [-0.3, -0.25) is 0 Å². The van der Waals surface area contributed by atoms with Crippen LogP contribution in [0.25, 0.3) is 0 Å². The van der Waals surface area contributed by atoms with E-state index in [0.29, 0.717) is 6.04 Å². The number of nitrogens with one attached hydrogen (secondary N) is 1. The van der Waals surface area contributed by atoms with Crippen LogP contribution in [0.15, 0.2) is 0 Å². The molecule has 1 aliphatic rings. The number of thioether (sulfide) groups is 1. The molecule has 0 heterocycles. The SMILES string of the molecule is CNC(C)C(C)SC1CCCCC1. The van der Waals surface area contributed by atoms with Gasteiger partial charge in [-0.15, -0.1) is 0 Å². The van der Waals surface area contributed by atoms with E-state index in [1.807, 2.05) is 0 Å². The second-order valence-corrected chi connectivity index (χ2v) is 5.86. The Bertz CT molecular complexity index is 132. The van der Waals surface area contributed by atoms with Crippen LogP contribution in [0.3, 0.4) is 0 Å². The third-order valence-corrected chi connectivity index (χ3v) is 4.81. The molecule has 1 nitrogen and oxygen atoms in total. The van der Waals surface area contributed by atoms with E-state index in [9.17, 15) is 0 Å². The highest BCUT2D eigenvalue weighted by molar-refractivity contribution is 8.00. The molecule has 2 unspecified atom stereocenters. The van der Waals surface area contributed by atoms with Crippen LogP contribution in [0.2, 0.25) is 0 Å². The minimum atomic E-state index is 0.645. The smallest absolute Gasteiger partial charge is 0.0172 e. The molecule has 0 saturated heterocycles. The Hall–Kier alpha value is 0.310. The zero-order valence-corrected chi connectivity index (χ0v) is 9.99. The first-order valence-electron chi connectivity index (χ1n) is 5.56. The lowest BCUT2D eigenvalue weighted by molar-refractivity contribution is 0.511. The summed E-state index contributed by atoms with van der Waals surface area (Å²) in [6, 6.07) is 0.645. The molecule has 0 aromatic heterocycles. The molecule has 1 rings (SSSR count). The maximum atomic E-state index is 3.33. The standard InChI is InChI=1S/C11H23NS/c1-9(12-3)10(2)13-11-7-5-4-6-8-11/h9-12H,4-8H2,1-3H3. The van der Waals surface area contributed by atoms with Crippen molar-refractivity contribution in [3.05, 3.63) is 0 Å². The van der Waals surface area contributed by atoms with Gasteiger partial charge in [0.05, 0.1) is 0 Å². The molecule has 0 aromatic rings. The highest BCUT2D eigenvalue weighted by atomic mass is 32.2. The Labute approximate surface area is 87.1 Å². The zero-order chi connectivity index (χ0) is 9.68. The van der Waals surface area contributed by atoms with Crippen molar-refractivity contribution in [3.63, 3.8) is 0 Å². The average molecular weight is 201 g/mol. The molecule has 2 heteroatoms. The van der Waals surface area contributed by atoms with E-state index in [0.717, 1.165) is 10.5 Å². The lowest BCUT2D eigenvalue weighted by atomic mass is 10.0. The van der Waals surface area contributed by atoms with Crippen LogP contribution in [-0.4, -0.2) is 23.6 Å². The maximum Gasteiger partial charge on any atom is 0.0172 e. The second kappa shape index (κ2) is 5.92. The summed E-state index contributed by atoms with van der Waals surface area (Å²) in [6.45, 7) is 4.63. The van der Waals surface area contributed by atoms with Gasteiger partial charge in [0.1, 0.15) is 0 Å². The average Bonchev–Trinajstić information content (AvgIpc) is 2.18. The highest BCUT2D eigenvalue weighted by Gasteiger charge is 2.19. The van der Waals surface area contributed by atoms with Gasteiger partial charge >= 0.3 is 0 Å². The van der Waals surface area contributed by atoms with Crippen molar-refractivity contribution in [1.82, 2.24) is 5.32 Å². The minimum absolute atomic E-state index is 0.645. The van der Waals surface area contributed by atoms with Gasteiger partial charge in [0, 0.05) is 16.5 Å². The zero-order valence-electron chi connectivity index (χ0n) is 9.18. The van der Waals surface area contributed by atoms with Crippen LogP contribution in [-0.2, 0) is 0 Å². The van der Waals surface area contributed by atoms with E-state index in [1.165, 1.54) is 32.1 Å². The van der Waals surface area contributed by atoms with Crippen molar-refractivity contribution < 1.29 is 0 Å². The quantitative estimate of drug-likeness (QED) is 0.750. The van der Waals surface area contributed by atoms with Gasteiger partial charge in [-0.25, -0.2) is 0 Å². The molecule has 1 aliphatic carbocycles. The topological polar surface area (TPSA) is 12.0 Å². The lowest BCUT2D eigenvalue weighted by Crippen LogP contribution is -2.32. The van der Waals surface area contributed by atoms with Crippen molar-refractivity contribution in [2.75, 3.05) is 7.05 Å². The Morgan fingerprint density at radius 1 is 1.15 bits per heavy atom. The fourth-order valence-electron chi connectivity index (χ4n) is 1.86. The molecule has 1 fully saturated rings. The number of rotatable bonds is 4. The summed E-state index contributed by atoms with van der Waals surface area (Å²) in [4.78, 5) is 0. The summed E-state index contributed by atoms with van der Waals surface area (Å²) >= 11 is 2.19. The lowest BCUT2D eigenvalue weighted by Gasteiger charge is -2.27. The predicted octanol–water partition coefficient (Wildman–Crippen LogP) is 3.05. The summed E-state index contributed by atoms with van der Waals surface area (Å²) in [5, 5.41) is 5.03. The molecule has 0 bridgehead atoms. The van der Waals surface area contributed by atoms with Crippen LogP contribution in [0.1, 0.15) is 46.0 Å². The number of hydrogen-bond donors (Lipinski definition) is 1. The molecule has 1 N–H and O–H groups in total. The van der Waals surface area contributed by atoms with Gasteiger partial charge in [-0.1, -0.05) is 26.2 Å². The van der Waals surface area contributed by atoms with Crippen LogP contribution in [0, 0.1) is 0 Å². The normalized spacial score (nSPS) is 24.2.